The van der Waals surface area contributed by atoms with Crippen LogP contribution in [-0.2, 0) is 0 Å². The molecular formula is C15H26N4. The van der Waals surface area contributed by atoms with E-state index in [9.17, 15) is 0 Å². The number of nitrogens with zero attached hydrogens (tertiary/aromatic N) is 3. The van der Waals surface area contributed by atoms with Gasteiger partial charge in [-0.15, -0.1) is 0 Å². The molecule has 0 spiro atoms. The zero-order valence-corrected chi connectivity index (χ0v) is 12.2. The lowest BCUT2D eigenvalue weighted by atomic mass is 9.96. The van der Waals surface area contributed by atoms with Gasteiger partial charge in [0.1, 0.15) is 18.0 Å². The highest BCUT2D eigenvalue weighted by atomic mass is 15.2. The van der Waals surface area contributed by atoms with Crippen LogP contribution >= 0.6 is 0 Å². The normalized spacial score (nSPS) is 20.1. The fourth-order valence-corrected chi connectivity index (χ4v) is 2.89. The van der Waals surface area contributed by atoms with Crippen molar-refractivity contribution in [2.75, 3.05) is 29.9 Å². The topological polar surface area (TPSA) is 41.0 Å². The number of aromatic nitrogens is 2. The maximum atomic E-state index is 4.43. The second kappa shape index (κ2) is 7.31. The standard InChI is InChI=1S/C15H26N4/c1-3-6-13-7-5-9-19(10-8-13)15-11-14(16-4-2)17-12-18-15/h11-13H,3-10H2,1-2H3,(H,16,17,18). The molecule has 1 aliphatic rings. The van der Waals surface area contributed by atoms with Crippen LogP contribution in [0.1, 0.15) is 46.0 Å². The van der Waals surface area contributed by atoms with Crippen molar-refractivity contribution in [3.8, 4) is 0 Å². The van der Waals surface area contributed by atoms with E-state index in [2.05, 4.69) is 40.1 Å². The molecule has 0 aromatic carbocycles. The van der Waals surface area contributed by atoms with Crippen molar-refractivity contribution in [2.24, 2.45) is 5.92 Å². The average Bonchev–Trinajstić information content (AvgIpc) is 2.66. The summed E-state index contributed by atoms with van der Waals surface area (Å²) in [5.41, 5.74) is 0. The SMILES string of the molecule is CCCC1CCCN(c2cc(NCC)ncn2)CC1. The Morgan fingerprint density at radius 1 is 1.26 bits per heavy atom. The smallest absolute Gasteiger partial charge is 0.134 e. The minimum Gasteiger partial charge on any atom is -0.370 e. The summed E-state index contributed by atoms with van der Waals surface area (Å²) < 4.78 is 0. The largest absolute Gasteiger partial charge is 0.370 e. The molecule has 0 saturated carbocycles. The van der Waals surface area contributed by atoms with Crippen LogP contribution in [0.5, 0.6) is 0 Å². The van der Waals surface area contributed by atoms with Crippen LogP contribution in [0.3, 0.4) is 0 Å². The molecule has 1 N–H and O–H groups in total. The average molecular weight is 262 g/mol. The van der Waals surface area contributed by atoms with Crippen LogP contribution in [0.4, 0.5) is 11.6 Å². The van der Waals surface area contributed by atoms with Crippen LogP contribution in [0, 0.1) is 5.92 Å². The molecule has 0 radical (unpaired) electrons. The van der Waals surface area contributed by atoms with Gasteiger partial charge in [0.05, 0.1) is 0 Å². The molecule has 19 heavy (non-hydrogen) atoms. The van der Waals surface area contributed by atoms with Gasteiger partial charge in [0.15, 0.2) is 0 Å². The lowest BCUT2D eigenvalue weighted by molar-refractivity contribution is 0.435. The van der Waals surface area contributed by atoms with Crippen LogP contribution in [0.2, 0.25) is 0 Å². The fourth-order valence-electron chi connectivity index (χ4n) is 2.89. The van der Waals surface area contributed by atoms with Gasteiger partial charge < -0.3 is 10.2 Å². The summed E-state index contributed by atoms with van der Waals surface area (Å²) >= 11 is 0. The highest BCUT2D eigenvalue weighted by Gasteiger charge is 2.17. The molecule has 1 aromatic heterocycles. The van der Waals surface area contributed by atoms with Crippen molar-refractivity contribution in [3.05, 3.63) is 12.4 Å². The van der Waals surface area contributed by atoms with Crippen LogP contribution in [-0.4, -0.2) is 29.6 Å². The Balaban J connectivity index is 1.99. The highest BCUT2D eigenvalue weighted by molar-refractivity contribution is 5.48. The van der Waals surface area contributed by atoms with Gasteiger partial charge in [0, 0.05) is 25.7 Å². The number of nitrogens with one attached hydrogen (secondary N) is 1. The third-order valence-corrected chi connectivity index (χ3v) is 3.88. The van der Waals surface area contributed by atoms with E-state index in [0.717, 1.165) is 37.2 Å². The summed E-state index contributed by atoms with van der Waals surface area (Å²) in [6.07, 6.45) is 8.31. The minimum atomic E-state index is 0.898. The molecule has 2 rings (SSSR count). The molecule has 0 amide bonds. The van der Waals surface area contributed by atoms with Crippen molar-refractivity contribution < 1.29 is 0 Å². The Labute approximate surface area is 116 Å². The third-order valence-electron chi connectivity index (χ3n) is 3.88. The Morgan fingerprint density at radius 3 is 2.95 bits per heavy atom. The first-order chi connectivity index (χ1) is 9.33. The van der Waals surface area contributed by atoms with Gasteiger partial charge in [-0.2, -0.15) is 0 Å². The first-order valence-electron chi connectivity index (χ1n) is 7.64. The molecule has 1 aliphatic heterocycles. The van der Waals surface area contributed by atoms with Crippen molar-refractivity contribution in [3.63, 3.8) is 0 Å². The predicted molar refractivity (Wildman–Crippen MR) is 80.7 cm³/mol. The van der Waals surface area contributed by atoms with Crippen molar-refractivity contribution in [1.82, 2.24) is 9.97 Å². The maximum Gasteiger partial charge on any atom is 0.134 e. The van der Waals surface area contributed by atoms with E-state index in [1.165, 1.54) is 32.1 Å². The summed E-state index contributed by atoms with van der Waals surface area (Å²) in [5.74, 6) is 2.91. The van der Waals surface area contributed by atoms with Gasteiger partial charge in [-0.3, -0.25) is 0 Å². The van der Waals surface area contributed by atoms with Crippen LogP contribution in [0.15, 0.2) is 12.4 Å². The lowest BCUT2D eigenvalue weighted by Crippen LogP contribution is -2.25. The predicted octanol–water partition coefficient (Wildman–Crippen LogP) is 3.32. The zero-order valence-electron chi connectivity index (χ0n) is 12.2. The maximum absolute atomic E-state index is 4.43. The molecular weight excluding hydrogens is 236 g/mol. The van der Waals surface area contributed by atoms with Gasteiger partial charge in [0.25, 0.3) is 0 Å². The molecule has 1 atom stereocenters. The van der Waals surface area contributed by atoms with Crippen LogP contribution < -0.4 is 10.2 Å². The van der Waals surface area contributed by atoms with Gasteiger partial charge in [-0.05, 0) is 32.1 Å². The summed E-state index contributed by atoms with van der Waals surface area (Å²) in [5, 5.41) is 3.25. The van der Waals surface area contributed by atoms with E-state index in [1.54, 1.807) is 6.33 Å². The Hall–Kier alpha value is -1.32. The van der Waals surface area contributed by atoms with Crippen molar-refractivity contribution >= 4 is 11.6 Å². The first-order valence-corrected chi connectivity index (χ1v) is 7.64. The van der Waals surface area contributed by atoms with Gasteiger partial charge >= 0.3 is 0 Å². The molecule has 1 aromatic rings. The summed E-state index contributed by atoms with van der Waals surface area (Å²) in [7, 11) is 0. The highest BCUT2D eigenvalue weighted by Crippen LogP contribution is 2.25. The molecule has 0 aliphatic carbocycles. The Bertz CT molecular complexity index is 380. The quantitative estimate of drug-likeness (QED) is 0.884. The Kier molecular flexibility index (Phi) is 5.43. The third kappa shape index (κ3) is 4.08. The molecule has 4 nitrogen and oxygen atoms in total. The second-order valence-electron chi connectivity index (χ2n) is 5.36. The van der Waals surface area contributed by atoms with Crippen molar-refractivity contribution in [2.45, 2.75) is 46.0 Å². The van der Waals surface area contributed by atoms with Gasteiger partial charge in [-0.25, -0.2) is 9.97 Å². The van der Waals surface area contributed by atoms with Gasteiger partial charge in [0.2, 0.25) is 0 Å². The molecule has 106 valence electrons. The number of hydrogen-bond acceptors (Lipinski definition) is 4. The van der Waals surface area contributed by atoms with E-state index in [4.69, 9.17) is 0 Å². The minimum absolute atomic E-state index is 0.898. The fraction of sp³-hybridized carbons (Fsp3) is 0.733. The Morgan fingerprint density at radius 2 is 2.16 bits per heavy atom. The zero-order chi connectivity index (χ0) is 13.5. The first kappa shape index (κ1) is 14.1. The second-order valence-corrected chi connectivity index (χ2v) is 5.36. The number of hydrogen-bond donors (Lipinski definition) is 1. The molecule has 1 saturated heterocycles. The molecule has 0 bridgehead atoms. The molecule has 1 unspecified atom stereocenters. The summed E-state index contributed by atoms with van der Waals surface area (Å²) in [4.78, 5) is 11.1. The molecule has 4 heteroatoms. The number of rotatable bonds is 5. The van der Waals surface area contributed by atoms with E-state index in [-0.39, 0.29) is 0 Å². The van der Waals surface area contributed by atoms with Gasteiger partial charge in [-0.1, -0.05) is 19.8 Å². The molecule has 1 fully saturated rings. The van der Waals surface area contributed by atoms with Crippen molar-refractivity contribution in [1.29, 1.82) is 0 Å². The summed E-state index contributed by atoms with van der Waals surface area (Å²) in [6.45, 7) is 7.53. The van der Waals surface area contributed by atoms with E-state index < -0.39 is 0 Å². The lowest BCUT2D eigenvalue weighted by Gasteiger charge is -2.22. The number of anilines is 2. The summed E-state index contributed by atoms with van der Waals surface area (Å²) in [6, 6.07) is 2.07. The van der Waals surface area contributed by atoms with E-state index in [1.807, 2.05) is 0 Å². The molecule has 2 heterocycles. The van der Waals surface area contributed by atoms with Crippen LogP contribution in [0.25, 0.3) is 0 Å². The van der Waals surface area contributed by atoms with E-state index in [0.29, 0.717) is 0 Å². The van der Waals surface area contributed by atoms with E-state index >= 15 is 0 Å². The monoisotopic (exact) mass is 262 g/mol.